The van der Waals surface area contributed by atoms with Gasteiger partial charge < -0.3 is 15.1 Å². The number of rotatable bonds is 2. The van der Waals surface area contributed by atoms with Crippen molar-refractivity contribution in [3.63, 3.8) is 0 Å². The summed E-state index contributed by atoms with van der Waals surface area (Å²) >= 11 is 0. The van der Waals surface area contributed by atoms with Crippen LogP contribution in [0.5, 0.6) is 0 Å². The lowest BCUT2D eigenvalue weighted by atomic mass is 9.86. The van der Waals surface area contributed by atoms with E-state index in [1.165, 1.54) is 19.3 Å². The van der Waals surface area contributed by atoms with Crippen LogP contribution in [0, 0.1) is 5.41 Å². The van der Waals surface area contributed by atoms with Crippen molar-refractivity contribution in [3.05, 3.63) is 24.5 Å². The summed E-state index contributed by atoms with van der Waals surface area (Å²) in [5, 5.41) is 3.20. The Morgan fingerprint density at radius 1 is 1.24 bits per heavy atom. The molecule has 1 saturated carbocycles. The molecular formula is C19H26N4O2. The summed E-state index contributed by atoms with van der Waals surface area (Å²) < 4.78 is 0. The van der Waals surface area contributed by atoms with Crippen molar-refractivity contribution in [3.8, 4) is 0 Å². The number of nitrogens with zero attached hydrogens (tertiary/aromatic N) is 3. The zero-order chi connectivity index (χ0) is 17.3. The fraction of sp³-hybridized carbons (Fsp3) is 0.632. The average Bonchev–Trinajstić information content (AvgIpc) is 3.20. The van der Waals surface area contributed by atoms with E-state index in [-0.39, 0.29) is 17.4 Å². The van der Waals surface area contributed by atoms with Gasteiger partial charge in [0, 0.05) is 43.7 Å². The summed E-state index contributed by atoms with van der Waals surface area (Å²) in [7, 11) is 0. The van der Waals surface area contributed by atoms with E-state index in [9.17, 15) is 9.59 Å². The van der Waals surface area contributed by atoms with Crippen molar-refractivity contribution >= 4 is 17.6 Å². The van der Waals surface area contributed by atoms with E-state index in [0.717, 1.165) is 31.5 Å². The number of nitrogens with one attached hydrogen (secondary N) is 1. The van der Waals surface area contributed by atoms with Gasteiger partial charge >= 0.3 is 6.03 Å². The van der Waals surface area contributed by atoms with Gasteiger partial charge in [-0.15, -0.1) is 0 Å². The third-order valence-corrected chi connectivity index (χ3v) is 5.94. The molecule has 0 aromatic carbocycles. The minimum Gasteiger partial charge on any atom is -0.335 e. The average molecular weight is 342 g/mol. The third kappa shape index (κ3) is 3.34. The molecule has 3 heterocycles. The second kappa shape index (κ2) is 6.65. The summed E-state index contributed by atoms with van der Waals surface area (Å²) in [6.45, 7) is 2.10. The number of carbonyl (C=O) groups excluding carboxylic acids is 2. The van der Waals surface area contributed by atoms with Gasteiger partial charge in [-0.2, -0.15) is 0 Å². The predicted molar refractivity (Wildman–Crippen MR) is 95.2 cm³/mol. The molecule has 1 atom stereocenters. The molecule has 25 heavy (non-hydrogen) atoms. The summed E-state index contributed by atoms with van der Waals surface area (Å²) in [5.41, 5.74) is 0.756. The van der Waals surface area contributed by atoms with E-state index in [4.69, 9.17) is 0 Å². The predicted octanol–water partition coefficient (Wildman–Crippen LogP) is 2.55. The lowest BCUT2D eigenvalue weighted by Gasteiger charge is -2.27. The number of likely N-dealkylation sites (tertiary alicyclic amines) is 1. The highest BCUT2D eigenvalue weighted by Crippen LogP contribution is 2.41. The minimum atomic E-state index is -0.100. The van der Waals surface area contributed by atoms with Crippen LogP contribution >= 0.6 is 0 Å². The Morgan fingerprint density at radius 2 is 2.08 bits per heavy atom. The van der Waals surface area contributed by atoms with Crippen molar-refractivity contribution in [1.82, 2.24) is 15.2 Å². The molecule has 6 nitrogen and oxygen atoms in total. The van der Waals surface area contributed by atoms with Gasteiger partial charge in [-0.3, -0.25) is 9.78 Å². The van der Waals surface area contributed by atoms with Gasteiger partial charge in [0.25, 0.3) is 0 Å². The number of amides is 3. The summed E-state index contributed by atoms with van der Waals surface area (Å²) in [6.07, 6.45) is 10.8. The molecule has 1 aliphatic carbocycles. The molecule has 3 aliphatic rings. The molecule has 1 aromatic heterocycles. The highest BCUT2D eigenvalue weighted by Gasteiger charge is 2.49. The van der Waals surface area contributed by atoms with Crippen LogP contribution in [0.15, 0.2) is 24.5 Å². The third-order valence-electron chi connectivity index (χ3n) is 5.94. The Bertz CT molecular complexity index is 644. The first-order chi connectivity index (χ1) is 12.2. The van der Waals surface area contributed by atoms with E-state index in [0.29, 0.717) is 25.6 Å². The van der Waals surface area contributed by atoms with Crippen LogP contribution in [0.1, 0.15) is 44.9 Å². The maximum absolute atomic E-state index is 12.6. The fourth-order valence-electron chi connectivity index (χ4n) is 4.54. The Balaban J connectivity index is 1.38. The second-order valence-electron chi connectivity index (χ2n) is 7.82. The molecule has 6 heteroatoms. The number of anilines is 1. The molecule has 0 bridgehead atoms. The molecule has 4 rings (SSSR count). The van der Waals surface area contributed by atoms with Crippen LogP contribution < -0.4 is 10.2 Å². The van der Waals surface area contributed by atoms with Gasteiger partial charge in [0.2, 0.25) is 5.91 Å². The van der Waals surface area contributed by atoms with Crippen molar-refractivity contribution in [1.29, 1.82) is 0 Å². The Morgan fingerprint density at radius 3 is 2.84 bits per heavy atom. The maximum Gasteiger partial charge on any atom is 0.317 e. The van der Waals surface area contributed by atoms with Crippen LogP contribution in [-0.2, 0) is 4.79 Å². The lowest BCUT2D eigenvalue weighted by Crippen LogP contribution is -2.45. The molecule has 134 valence electrons. The normalized spacial score (nSPS) is 27.3. The van der Waals surface area contributed by atoms with Crippen molar-refractivity contribution in [2.75, 3.05) is 24.5 Å². The van der Waals surface area contributed by atoms with E-state index in [1.54, 1.807) is 12.4 Å². The van der Waals surface area contributed by atoms with Crippen LogP contribution in [0.3, 0.4) is 0 Å². The van der Waals surface area contributed by atoms with Gasteiger partial charge in [-0.25, -0.2) is 4.79 Å². The molecular weight excluding hydrogens is 316 g/mol. The first-order valence-electron chi connectivity index (χ1n) is 9.41. The topological polar surface area (TPSA) is 65.5 Å². The molecule has 0 radical (unpaired) electrons. The van der Waals surface area contributed by atoms with E-state index in [2.05, 4.69) is 10.3 Å². The number of hydrogen-bond acceptors (Lipinski definition) is 3. The van der Waals surface area contributed by atoms with E-state index in [1.807, 2.05) is 21.9 Å². The van der Waals surface area contributed by atoms with Crippen LogP contribution in [0.4, 0.5) is 10.5 Å². The second-order valence-corrected chi connectivity index (χ2v) is 7.82. The molecule has 1 unspecified atom stereocenters. The fourth-order valence-corrected chi connectivity index (χ4v) is 4.54. The Hall–Kier alpha value is -2.11. The highest BCUT2D eigenvalue weighted by atomic mass is 16.2. The largest absolute Gasteiger partial charge is 0.335 e. The number of carbonyl (C=O) groups is 2. The molecule has 2 aliphatic heterocycles. The number of aromatic nitrogens is 1. The molecule has 3 amide bonds. The van der Waals surface area contributed by atoms with Crippen LogP contribution in [0.2, 0.25) is 0 Å². The van der Waals surface area contributed by atoms with Crippen molar-refractivity contribution < 1.29 is 9.59 Å². The molecule has 1 spiro atoms. The van der Waals surface area contributed by atoms with E-state index >= 15 is 0 Å². The van der Waals surface area contributed by atoms with Crippen molar-refractivity contribution in [2.45, 2.75) is 51.0 Å². The number of hydrogen-bond donors (Lipinski definition) is 1. The van der Waals surface area contributed by atoms with Gasteiger partial charge in [-0.1, -0.05) is 19.3 Å². The maximum atomic E-state index is 12.6. The summed E-state index contributed by atoms with van der Waals surface area (Å²) in [6, 6.07) is 4.16. The Kier molecular flexibility index (Phi) is 4.36. The smallest absolute Gasteiger partial charge is 0.317 e. The lowest BCUT2D eigenvalue weighted by molar-refractivity contribution is -0.117. The summed E-state index contributed by atoms with van der Waals surface area (Å²) in [4.78, 5) is 33.0. The zero-order valence-corrected chi connectivity index (χ0v) is 14.6. The first kappa shape index (κ1) is 16.4. The monoisotopic (exact) mass is 342 g/mol. The Labute approximate surface area is 148 Å². The van der Waals surface area contributed by atoms with Crippen LogP contribution in [-0.4, -0.2) is 47.5 Å². The highest BCUT2D eigenvalue weighted by molar-refractivity contribution is 5.96. The zero-order valence-electron chi connectivity index (χ0n) is 14.6. The van der Waals surface area contributed by atoms with Gasteiger partial charge in [0.15, 0.2) is 0 Å². The molecule has 1 aromatic rings. The van der Waals surface area contributed by atoms with Crippen LogP contribution in [0.25, 0.3) is 0 Å². The molecule has 2 saturated heterocycles. The summed E-state index contributed by atoms with van der Waals surface area (Å²) in [5.74, 6) is 0.141. The van der Waals surface area contributed by atoms with Gasteiger partial charge in [0.1, 0.15) is 0 Å². The molecule has 3 fully saturated rings. The number of urea groups is 1. The minimum absolute atomic E-state index is 0.0519. The van der Waals surface area contributed by atoms with E-state index < -0.39 is 0 Å². The SMILES string of the molecule is O=C(NC1CCCCC1)N1CCC2(CC(=O)N(c3cccnc3)C2)C1. The molecule has 1 N–H and O–H groups in total. The van der Waals surface area contributed by atoms with Gasteiger partial charge in [-0.05, 0) is 31.4 Å². The van der Waals surface area contributed by atoms with Gasteiger partial charge in [0.05, 0.1) is 11.9 Å². The number of pyridine rings is 1. The van der Waals surface area contributed by atoms with Crippen molar-refractivity contribution in [2.24, 2.45) is 5.41 Å². The standard InChI is InChI=1S/C19H26N4O2/c24-17-11-19(14-23(17)16-7-4-9-20-12-16)8-10-22(13-19)18(25)21-15-5-2-1-3-6-15/h4,7,9,12,15H,1-3,5-6,8,10-11,13-14H2,(H,21,25). The first-order valence-corrected chi connectivity index (χ1v) is 9.41. The quantitative estimate of drug-likeness (QED) is 0.898.